The molecule has 3 heteroatoms. The van der Waals surface area contributed by atoms with E-state index >= 15 is 0 Å². The molecular weight excluding hydrogens is 178 g/mol. The quantitative estimate of drug-likeness (QED) is 0.679. The summed E-state index contributed by atoms with van der Waals surface area (Å²) in [6.45, 7) is 2.32. The van der Waals surface area contributed by atoms with Gasteiger partial charge >= 0.3 is 5.97 Å². The van der Waals surface area contributed by atoms with Gasteiger partial charge in [0, 0.05) is 6.04 Å². The SMILES string of the molecule is CCOC(=O)[C@@H]1[C@@H](N)[C@@H]2CCCC[C@@H]21. The number of rotatable bonds is 2. The lowest BCUT2D eigenvalue weighted by Crippen LogP contribution is -2.60. The second-order valence-corrected chi connectivity index (χ2v) is 4.47. The maximum atomic E-state index is 11.6. The van der Waals surface area contributed by atoms with Crippen molar-refractivity contribution in [3.8, 4) is 0 Å². The molecule has 2 saturated carbocycles. The van der Waals surface area contributed by atoms with E-state index < -0.39 is 0 Å². The van der Waals surface area contributed by atoms with Gasteiger partial charge in [-0.15, -0.1) is 0 Å². The third-order valence-electron chi connectivity index (χ3n) is 3.80. The zero-order valence-corrected chi connectivity index (χ0v) is 8.74. The fourth-order valence-corrected chi connectivity index (χ4v) is 3.09. The predicted octanol–water partition coefficient (Wildman–Crippen LogP) is 1.31. The number of ether oxygens (including phenoxy) is 1. The number of carbonyl (C=O) groups excluding carboxylic acids is 1. The predicted molar refractivity (Wildman–Crippen MR) is 53.5 cm³/mol. The minimum atomic E-state index is -0.0665. The molecule has 2 aliphatic rings. The first kappa shape index (κ1) is 9.97. The highest BCUT2D eigenvalue weighted by atomic mass is 16.5. The van der Waals surface area contributed by atoms with Crippen LogP contribution < -0.4 is 5.73 Å². The first-order chi connectivity index (χ1) is 6.75. The van der Waals surface area contributed by atoms with Gasteiger partial charge in [-0.05, 0) is 31.6 Å². The van der Waals surface area contributed by atoms with E-state index in [1.807, 2.05) is 6.92 Å². The van der Waals surface area contributed by atoms with Crippen molar-refractivity contribution in [1.29, 1.82) is 0 Å². The lowest BCUT2D eigenvalue weighted by atomic mass is 9.55. The zero-order chi connectivity index (χ0) is 10.1. The Hall–Kier alpha value is -0.570. The van der Waals surface area contributed by atoms with Crippen molar-refractivity contribution in [2.45, 2.75) is 38.6 Å². The van der Waals surface area contributed by atoms with Crippen LogP contribution in [0.3, 0.4) is 0 Å². The number of hydrogen-bond acceptors (Lipinski definition) is 3. The van der Waals surface area contributed by atoms with Crippen LogP contribution in [0.15, 0.2) is 0 Å². The lowest BCUT2D eigenvalue weighted by molar-refractivity contribution is -0.161. The Morgan fingerprint density at radius 3 is 2.64 bits per heavy atom. The van der Waals surface area contributed by atoms with E-state index in [2.05, 4.69) is 0 Å². The molecule has 3 nitrogen and oxygen atoms in total. The molecule has 0 saturated heterocycles. The number of carbonyl (C=O) groups is 1. The minimum Gasteiger partial charge on any atom is -0.466 e. The number of hydrogen-bond donors (Lipinski definition) is 1. The molecule has 0 aliphatic heterocycles. The summed E-state index contributed by atoms with van der Waals surface area (Å²) in [5.41, 5.74) is 6.01. The zero-order valence-electron chi connectivity index (χ0n) is 8.74. The van der Waals surface area contributed by atoms with Crippen molar-refractivity contribution in [1.82, 2.24) is 0 Å². The van der Waals surface area contributed by atoms with Gasteiger partial charge in [-0.25, -0.2) is 0 Å². The van der Waals surface area contributed by atoms with Crippen LogP contribution in [0, 0.1) is 17.8 Å². The van der Waals surface area contributed by atoms with Crippen molar-refractivity contribution in [3.63, 3.8) is 0 Å². The van der Waals surface area contributed by atoms with Gasteiger partial charge in [-0.2, -0.15) is 0 Å². The van der Waals surface area contributed by atoms with E-state index in [4.69, 9.17) is 10.5 Å². The second kappa shape index (κ2) is 3.89. The van der Waals surface area contributed by atoms with Crippen LogP contribution in [0.1, 0.15) is 32.6 Å². The number of nitrogens with two attached hydrogens (primary N) is 1. The van der Waals surface area contributed by atoms with Crippen molar-refractivity contribution in [3.05, 3.63) is 0 Å². The molecular formula is C11H19NO2. The molecule has 0 aromatic rings. The summed E-state index contributed by atoms with van der Waals surface area (Å²) in [6, 6.07) is 0.0688. The van der Waals surface area contributed by atoms with Gasteiger partial charge in [0.2, 0.25) is 0 Å². The molecule has 0 amide bonds. The Morgan fingerprint density at radius 2 is 2.00 bits per heavy atom. The van der Waals surface area contributed by atoms with Crippen LogP contribution in [-0.2, 0) is 9.53 Å². The highest BCUT2D eigenvalue weighted by Gasteiger charge is 2.52. The van der Waals surface area contributed by atoms with Gasteiger partial charge in [0.1, 0.15) is 0 Å². The second-order valence-electron chi connectivity index (χ2n) is 4.47. The molecule has 2 N–H and O–H groups in total. The first-order valence-electron chi connectivity index (χ1n) is 5.68. The Labute approximate surface area is 85.0 Å². The maximum absolute atomic E-state index is 11.6. The van der Waals surface area contributed by atoms with E-state index in [1.54, 1.807) is 0 Å². The van der Waals surface area contributed by atoms with Gasteiger partial charge < -0.3 is 10.5 Å². The molecule has 14 heavy (non-hydrogen) atoms. The van der Waals surface area contributed by atoms with Crippen molar-refractivity contribution < 1.29 is 9.53 Å². The third kappa shape index (κ3) is 1.44. The summed E-state index contributed by atoms with van der Waals surface area (Å²) in [5, 5.41) is 0. The van der Waals surface area contributed by atoms with Gasteiger partial charge in [-0.1, -0.05) is 12.8 Å². The van der Waals surface area contributed by atoms with E-state index in [0.717, 1.165) is 0 Å². The van der Waals surface area contributed by atoms with Crippen LogP contribution in [0.25, 0.3) is 0 Å². The maximum Gasteiger partial charge on any atom is 0.310 e. The first-order valence-corrected chi connectivity index (χ1v) is 5.68. The highest BCUT2D eigenvalue weighted by Crippen LogP contribution is 2.48. The van der Waals surface area contributed by atoms with Crippen LogP contribution in [0.2, 0.25) is 0 Å². The Bertz CT molecular complexity index is 229. The van der Waals surface area contributed by atoms with Gasteiger partial charge in [0.25, 0.3) is 0 Å². The molecule has 2 fully saturated rings. The Balaban J connectivity index is 1.96. The van der Waals surface area contributed by atoms with Crippen LogP contribution in [0.5, 0.6) is 0 Å². The Morgan fingerprint density at radius 1 is 1.36 bits per heavy atom. The minimum absolute atomic E-state index is 0.000231. The fourth-order valence-electron chi connectivity index (χ4n) is 3.09. The van der Waals surface area contributed by atoms with Crippen LogP contribution >= 0.6 is 0 Å². The van der Waals surface area contributed by atoms with E-state index in [9.17, 15) is 4.79 Å². The lowest BCUT2D eigenvalue weighted by Gasteiger charge is -2.51. The van der Waals surface area contributed by atoms with Gasteiger partial charge in [0.05, 0.1) is 12.5 Å². The molecule has 0 radical (unpaired) electrons. The highest BCUT2D eigenvalue weighted by molar-refractivity contribution is 5.75. The molecule has 0 heterocycles. The molecule has 2 rings (SSSR count). The summed E-state index contributed by atoms with van der Waals surface area (Å²) in [5.74, 6) is 1.05. The molecule has 0 aromatic carbocycles. The van der Waals surface area contributed by atoms with Gasteiger partial charge in [0.15, 0.2) is 0 Å². The van der Waals surface area contributed by atoms with E-state index in [0.29, 0.717) is 18.4 Å². The van der Waals surface area contributed by atoms with Crippen molar-refractivity contribution in [2.75, 3.05) is 6.61 Å². The summed E-state index contributed by atoms with van der Waals surface area (Å²) < 4.78 is 5.05. The summed E-state index contributed by atoms with van der Waals surface area (Å²) in [7, 11) is 0. The number of fused-ring (bicyclic) bond motifs is 1. The Kier molecular flexibility index (Phi) is 2.77. The van der Waals surface area contributed by atoms with E-state index in [-0.39, 0.29) is 17.9 Å². The standard InChI is InChI=1S/C11H19NO2/c1-2-14-11(13)9-7-5-3-4-6-8(7)10(9)12/h7-10H,2-6,12H2,1H3/t7-,8+,9-,10-/m0/s1. The molecule has 4 atom stereocenters. The average Bonchev–Trinajstić information content (AvgIpc) is 2.17. The average molecular weight is 197 g/mol. The van der Waals surface area contributed by atoms with E-state index in [1.165, 1.54) is 25.7 Å². The van der Waals surface area contributed by atoms with Crippen molar-refractivity contribution >= 4 is 5.97 Å². The normalized spacial score (nSPS) is 41.0. The smallest absolute Gasteiger partial charge is 0.310 e. The van der Waals surface area contributed by atoms with Gasteiger partial charge in [-0.3, -0.25) is 4.79 Å². The molecule has 0 unspecified atom stereocenters. The van der Waals surface area contributed by atoms with Crippen LogP contribution in [-0.4, -0.2) is 18.6 Å². The molecule has 2 aliphatic carbocycles. The number of esters is 1. The van der Waals surface area contributed by atoms with Crippen LogP contribution in [0.4, 0.5) is 0 Å². The summed E-state index contributed by atoms with van der Waals surface area (Å²) in [6.07, 6.45) is 4.91. The van der Waals surface area contributed by atoms with Crippen molar-refractivity contribution in [2.24, 2.45) is 23.5 Å². The molecule has 0 spiro atoms. The monoisotopic (exact) mass is 197 g/mol. The molecule has 80 valence electrons. The largest absolute Gasteiger partial charge is 0.466 e. The fraction of sp³-hybridized carbons (Fsp3) is 0.909. The topological polar surface area (TPSA) is 52.3 Å². The summed E-state index contributed by atoms with van der Waals surface area (Å²) >= 11 is 0. The summed E-state index contributed by atoms with van der Waals surface area (Å²) in [4.78, 5) is 11.6. The molecule has 0 bridgehead atoms. The third-order valence-corrected chi connectivity index (χ3v) is 3.80. The molecule has 0 aromatic heterocycles.